The van der Waals surface area contributed by atoms with Gasteiger partial charge in [-0.1, -0.05) is 11.3 Å². The molecule has 0 radical (unpaired) electrons. The van der Waals surface area contributed by atoms with Crippen LogP contribution in [-0.2, 0) is 0 Å². The van der Waals surface area contributed by atoms with Gasteiger partial charge >= 0.3 is 0 Å². The van der Waals surface area contributed by atoms with Gasteiger partial charge in [-0.3, -0.25) is 0 Å². The predicted molar refractivity (Wildman–Crippen MR) is 85.1 cm³/mol. The van der Waals surface area contributed by atoms with E-state index in [0.717, 1.165) is 10.1 Å². The number of hydrogen-bond acceptors (Lipinski definition) is 7. The highest BCUT2D eigenvalue weighted by molar-refractivity contribution is 7.24. The molecule has 0 aliphatic rings. The topological polar surface area (TPSA) is 46.8 Å². The van der Waals surface area contributed by atoms with Gasteiger partial charge in [0.15, 0.2) is 5.06 Å². The van der Waals surface area contributed by atoms with Crippen molar-refractivity contribution >= 4 is 44.1 Å². The Morgan fingerprint density at radius 1 is 1.10 bits per heavy atom. The summed E-state index contributed by atoms with van der Waals surface area (Å²) in [5, 5.41) is 12.7. The van der Waals surface area contributed by atoms with E-state index in [9.17, 15) is 0 Å². The molecule has 0 amide bonds. The number of aromatic nitrogens is 1. The zero-order valence-corrected chi connectivity index (χ0v) is 13.1. The molecule has 7 heteroatoms. The van der Waals surface area contributed by atoms with E-state index in [1.165, 1.54) is 21.1 Å². The van der Waals surface area contributed by atoms with Crippen molar-refractivity contribution in [2.45, 2.75) is 6.92 Å². The average molecular weight is 321 g/mol. The second-order valence-corrected chi connectivity index (χ2v) is 6.69. The molecular weight excluding hydrogens is 310 g/mol. The highest BCUT2D eigenvalue weighted by Crippen LogP contribution is 2.39. The fraction of sp³-hybridized carbons (Fsp3) is 0.154. The van der Waals surface area contributed by atoms with E-state index in [1.807, 2.05) is 24.4 Å². The minimum Gasteiger partial charge on any atom is -0.484 e. The van der Waals surface area contributed by atoms with Crippen LogP contribution < -0.4 is 4.74 Å². The fourth-order valence-electron chi connectivity index (χ4n) is 1.54. The van der Waals surface area contributed by atoms with Crippen LogP contribution in [0.5, 0.6) is 5.06 Å². The number of thiazole rings is 1. The van der Waals surface area contributed by atoms with Crippen LogP contribution in [0.15, 0.2) is 46.1 Å². The number of hydrogen-bond donors (Lipinski definition) is 0. The standard InChI is InChI=1S/C13H11N3OS3/c1-2-17-12-6-4-10(20-12)9-3-5-11(19-9)15-16-13-14-7-8-18-13/h3-8H,2H2,1H3/b16-15+. The monoisotopic (exact) mass is 321 g/mol. The third kappa shape index (κ3) is 3.12. The predicted octanol–water partition coefficient (Wildman–Crippen LogP) is 5.75. The van der Waals surface area contributed by atoms with Crippen LogP contribution in [0.2, 0.25) is 0 Å². The summed E-state index contributed by atoms with van der Waals surface area (Å²) in [4.78, 5) is 6.43. The van der Waals surface area contributed by atoms with Crippen LogP contribution in [0.3, 0.4) is 0 Å². The fourth-order valence-corrected chi connectivity index (χ4v) is 3.83. The van der Waals surface area contributed by atoms with Gasteiger partial charge in [-0.2, -0.15) is 0 Å². The summed E-state index contributed by atoms with van der Waals surface area (Å²) < 4.78 is 5.49. The van der Waals surface area contributed by atoms with Crippen molar-refractivity contribution < 1.29 is 4.74 Å². The lowest BCUT2D eigenvalue weighted by Crippen LogP contribution is -1.86. The molecule has 0 saturated heterocycles. The average Bonchev–Trinajstić information content (AvgIpc) is 3.18. The first-order valence-corrected chi connectivity index (χ1v) is 8.50. The van der Waals surface area contributed by atoms with E-state index in [-0.39, 0.29) is 0 Å². The number of ether oxygens (including phenoxy) is 1. The van der Waals surface area contributed by atoms with Crippen molar-refractivity contribution in [3.8, 4) is 14.8 Å². The lowest BCUT2D eigenvalue weighted by Gasteiger charge is -1.95. The van der Waals surface area contributed by atoms with E-state index >= 15 is 0 Å². The van der Waals surface area contributed by atoms with Crippen LogP contribution in [-0.4, -0.2) is 11.6 Å². The maximum Gasteiger partial charge on any atom is 0.229 e. The van der Waals surface area contributed by atoms with E-state index in [0.29, 0.717) is 11.7 Å². The summed E-state index contributed by atoms with van der Waals surface area (Å²) in [7, 11) is 0. The minimum atomic E-state index is 0.676. The zero-order chi connectivity index (χ0) is 13.8. The molecule has 4 nitrogen and oxygen atoms in total. The molecule has 102 valence electrons. The normalized spacial score (nSPS) is 11.2. The van der Waals surface area contributed by atoms with Gasteiger partial charge in [-0.15, -0.1) is 32.9 Å². The molecule has 0 saturated carbocycles. The summed E-state index contributed by atoms with van der Waals surface area (Å²) in [5.74, 6) is 0. The van der Waals surface area contributed by atoms with E-state index in [2.05, 4.69) is 27.3 Å². The van der Waals surface area contributed by atoms with Gasteiger partial charge in [0.2, 0.25) is 5.13 Å². The van der Waals surface area contributed by atoms with Crippen LogP contribution in [0.25, 0.3) is 9.75 Å². The molecule has 20 heavy (non-hydrogen) atoms. The van der Waals surface area contributed by atoms with Gasteiger partial charge < -0.3 is 4.74 Å². The third-order valence-electron chi connectivity index (χ3n) is 2.36. The Hall–Kier alpha value is -1.57. The van der Waals surface area contributed by atoms with E-state index in [1.54, 1.807) is 28.9 Å². The Labute approximate surface area is 128 Å². The molecule has 3 aromatic rings. The second kappa shape index (κ2) is 6.25. The molecule has 0 aliphatic carbocycles. The number of thiophene rings is 2. The van der Waals surface area contributed by atoms with Crippen molar-refractivity contribution in [3.63, 3.8) is 0 Å². The highest BCUT2D eigenvalue weighted by Gasteiger charge is 2.06. The second-order valence-electron chi connectivity index (χ2n) is 3.70. The quantitative estimate of drug-likeness (QED) is 0.562. The lowest BCUT2D eigenvalue weighted by atomic mass is 10.4. The Morgan fingerprint density at radius 2 is 1.95 bits per heavy atom. The molecule has 0 spiro atoms. The van der Waals surface area contributed by atoms with Gasteiger partial charge in [-0.25, -0.2) is 4.98 Å². The first-order chi connectivity index (χ1) is 9.85. The van der Waals surface area contributed by atoms with Crippen molar-refractivity contribution in [1.82, 2.24) is 4.98 Å². The Bertz CT molecular complexity index is 700. The highest BCUT2D eigenvalue weighted by atomic mass is 32.1. The van der Waals surface area contributed by atoms with Gasteiger partial charge in [0.1, 0.15) is 5.00 Å². The van der Waals surface area contributed by atoms with Crippen LogP contribution in [0, 0.1) is 0 Å². The van der Waals surface area contributed by atoms with Crippen molar-refractivity contribution in [1.29, 1.82) is 0 Å². The van der Waals surface area contributed by atoms with Gasteiger partial charge in [0.05, 0.1) is 6.61 Å². The van der Waals surface area contributed by atoms with Crippen LogP contribution in [0.1, 0.15) is 6.92 Å². The van der Waals surface area contributed by atoms with Crippen LogP contribution in [0.4, 0.5) is 10.1 Å². The molecule has 0 atom stereocenters. The SMILES string of the molecule is CCOc1ccc(-c2ccc(/N=N/c3nccs3)s2)s1. The molecular formula is C13H11N3OS3. The van der Waals surface area contributed by atoms with Crippen molar-refractivity contribution in [2.75, 3.05) is 6.61 Å². The maximum atomic E-state index is 5.49. The van der Waals surface area contributed by atoms with Gasteiger partial charge in [0, 0.05) is 21.3 Å². The van der Waals surface area contributed by atoms with Gasteiger partial charge in [-0.05, 0) is 31.2 Å². The van der Waals surface area contributed by atoms with Gasteiger partial charge in [0.25, 0.3) is 0 Å². The molecule has 0 N–H and O–H groups in total. The molecule has 0 aliphatic heterocycles. The van der Waals surface area contributed by atoms with E-state index < -0.39 is 0 Å². The summed E-state index contributed by atoms with van der Waals surface area (Å²) in [5.41, 5.74) is 0. The largest absolute Gasteiger partial charge is 0.484 e. The summed E-state index contributed by atoms with van der Waals surface area (Å²) in [6.45, 7) is 2.68. The minimum absolute atomic E-state index is 0.676. The van der Waals surface area contributed by atoms with Crippen molar-refractivity contribution in [2.24, 2.45) is 10.2 Å². The maximum absolute atomic E-state index is 5.49. The first kappa shape index (κ1) is 13.4. The van der Waals surface area contributed by atoms with Crippen molar-refractivity contribution in [3.05, 3.63) is 35.8 Å². The number of azo groups is 1. The Kier molecular flexibility index (Phi) is 4.19. The Balaban J connectivity index is 1.75. The smallest absolute Gasteiger partial charge is 0.229 e. The third-order valence-corrected chi connectivity index (χ3v) is 5.17. The van der Waals surface area contributed by atoms with E-state index in [4.69, 9.17) is 4.74 Å². The summed E-state index contributed by atoms with van der Waals surface area (Å²) in [6.07, 6.45) is 1.72. The molecule has 0 unspecified atom stereocenters. The molecule has 3 aromatic heterocycles. The summed E-state index contributed by atoms with van der Waals surface area (Å²) >= 11 is 4.73. The van der Waals surface area contributed by atoms with Crippen LogP contribution >= 0.6 is 34.0 Å². The molecule has 3 heterocycles. The molecule has 0 bridgehead atoms. The molecule has 0 fully saturated rings. The number of rotatable bonds is 5. The molecule has 3 rings (SSSR count). The number of nitrogens with zero attached hydrogens (tertiary/aromatic N) is 3. The lowest BCUT2D eigenvalue weighted by molar-refractivity contribution is 0.350. The first-order valence-electron chi connectivity index (χ1n) is 5.99. The zero-order valence-electron chi connectivity index (χ0n) is 10.6. The summed E-state index contributed by atoms with van der Waals surface area (Å²) in [6, 6.07) is 8.10. The Morgan fingerprint density at radius 3 is 2.75 bits per heavy atom. The molecule has 0 aromatic carbocycles.